The van der Waals surface area contributed by atoms with Crippen LogP contribution < -0.4 is 5.32 Å². The lowest BCUT2D eigenvalue weighted by atomic mass is 10.0. The Bertz CT molecular complexity index is 238. The third kappa shape index (κ3) is 2.95. The first-order valence-electron chi connectivity index (χ1n) is 6.50. The van der Waals surface area contributed by atoms with E-state index >= 15 is 0 Å². The summed E-state index contributed by atoms with van der Waals surface area (Å²) >= 11 is 0. The monoisotopic (exact) mass is 225 g/mol. The maximum atomic E-state index is 12.1. The molecule has 0 spiro atoms. The minimum Gasteiger partial charge on any atom is -0.339 e. The molecule has 4 nitrogen and oxygen atoms in total. The van der Waals surface area contributed by atoms with Gasteiger partial charge in [-0.3, -0.25) is 9.69 Å². The average Bonchev–Trinajstić information content (AvgIpc) is 2.31. The van der Waals surface area contributed by atoms with E-state index in [1.165, 1.54) is 19.3 Å². The van der Waals surface area contributed by atoms with Crippen molar-refractivity contribution in [2.75, 3.05) is 39.3 Å². The number of hydrogen-bond donors (Lipinski definition) is 1. The number of likely N-dealkylation sites (tertiary alicyclic amines) is 1. The zero-order valence-corrected chi connectivity index (χ0v) is 10.2. The number of carbonyl (C=O) groups excluding carboxylic acids is 1. The molecule has 0 aromatic carbocycles. The van der Waals surface area contributed by atoms with Gasteiger partial charge >= 0.3 is 0 Å². The first kappa shape index (κ1) is 11.9. The maximum absolute atomic E-state index is 12.1. The molecule has 92 valence electrons. The van der Waals surface area contributed by atoms with Crippen molar-refractivity contribution in [2.24, 2.45) is 0 Å². The van der Waals surface area contributed by atoms with Crippen LogP contribution in [0, 0.1) is 0 Å². The van der Waals surface area contributed by atoms with Crippen molar-refractivity contribution < 1.29 is 4.79 Å². The average molecular weight is 225 g/mol. The zero-order chi connectivity index (χ0) is 11.4. The topological polar surface area (TPSA) is 35.6 Å². The van der Waals surface area contributed by atoms with Crippen molar-refractivity contribution in [1.29, 1.82) is 0 Å². The number of hydrogen-bond acceptors (Lipinski definition) is 3. The molecule has 0 radical (unpaired) electrons. The van der Waals surface area contributed by atoms with E-state index in [1.54, 1.807) is 0 Å². The lowest BCUT2D eigenvalue weighted by Gasteiger charge is -2.36. The summed E-state index contributed by atoms with van der Waals surface area (Å²) in [5, 5.41) is 3.31. The van der Waals surface area contributed by atoms with Gasteiger partial charge in [0.1, 0.15) is 0 Å². The van der Waals surface area contributed by atoms with Gasteiger partial charge in [-0.1, -0.05) is 0 Å². The third-order valence-electron chi connectivity index (χ3n) is 3.69. The second-order valence-corrected chi connectivity index (χ2v) is 4.96. The van der Waals surface area contributed by atoms with Gasteiger partial charge in [0.25, 0.3) is 0 Å². The molecular weight excluding hydrogens is 202 g/mol. The van der Waals surface area contributed by atoms with Crippen LogP contribution in [-0.4, -0.2) is 61.0 Å². The number of carbonyl (C=O) groups is 1. The number of rotatable bonds is 2. The Morgan fingerprint density at radius 2 is 2.00 bits per heavy atom. The first-order chi connectivity index (χ1) is 7.77. The quantitative estimate of drug-likeness (QED) is 0.734. The summed E-state index contributed by atoms with van der Waals surface area (Å²) in [6.45, 7) is 7.81. The lowest BCUT2D eigenvalue weighted by molar-refractivity contribution is -0.135. The molecule has 16 heavy (non-hydrogen) atoms. The second-order valence-electron chi connectivity index (χ2n) is 4.96. The molecule has 2 fully saturated rings. The van der Waals surface area contributed by atoms with Gasteiger partial charge in [-0.2, -0.15) is 0 Å². The highest BCUT2D eigenvalue weighted by atomic mass is 16.2. The van der Waals surface area contributed by atoms with Crippen molar-refractivity contribution in [3.63, 3.8) is 0 Å². The van der Waals surface area contributed by atoms with Crippen LogP contribution in [0.15, 0.2) is 0 Å². The van der Waals surface area contributed by atoms with Crippen molar-refractivity contribution in [3.05, 3.63) is 0 Å². The summed E-state index contributed by atoms with van der Waals surface area (Å²) in [6, 6.07) is 0.448. The van der Waals surface area contributed by atoms with Gasteiger partial charge in [0.2, 0.25) is 5.91 Å². The largest absolute Gasteiger partial charge is 0.339 e. The zero-order valence-electron chi connectivity index (χ0n) is 10.2. The molecule has 0 bridgehead atoms. The molecule has 4 heteroatoms. The normalized spacial score (nSPS) is 28.1. The Labute approximate surface area is 98.0 Å². The van der Waals surface area contributed by atoms with Gasteiger partial charge in [-0.05, 0) is 26.2 Å². The molecule has 0 aromatic heterocycles. The Balaban J connectivity index is 1.81. The van der Waals surface area contributed by atoms with E-state index in [0.29, 0.717) is 18.5 Å². The minimum atomic E-state index is 0.328. The number of piperidine rings is 1. The van der Waals surface area contributed by atoms with Crippen molar-refractivity contribution >= 4 is 5.91 Å². The van der Waals surface area contributed by atoms with E-state index in [2.05, 4.69) is 22.0 Å². The maximum Gasteiger partial charge on any atom is 0.236 e. The smallest absolute Gasteiger partial charge is 0.236 e. The molecule has 2 saturated heterocycles. The Morgan fingerprint density at radius 1 is 1.25 bits per heavy atom. The molecule has 2 aliphatic heterocycles. The third-order valence-corrected chi connectivity index (χ3v) is 3.69. The highest BCUT2D eigenvalue weighted by molar-refractivity contribution is 5.78. The molecule has 0 aromatic rings. The van der Waals surface area contributed by atoms with Crippen LogP contribution in [0.5, 0.6) is 0 Å². The fourth-order valence-electron chi connectivity index (χ4n) is 2.62. The van der Waals surface area contributed by atoms with E-state index in [4.69, 9.17) is 0 Å². The van der Waals surface area contributed by atoms with Crippen molar-refractivity contribution in [1.82, 2.24) is 15.1 Å². The molecule has 1 atom stereocenters. The van der Waals surface area contributed by atoms with Crippen LogP contribution in [-0.2, 0) is 4.79 Å². The van der Waals surface area contributed by atoms with Gasteiger partial charge < -0.3 is 10.2 Å². The van der Waals surface area contributed by atoms with E-state index in [0.717, 1.165) is 32.7 Å². The lowest BCUT2D eigenvalue weighted by Crippen LogP contribution is -2.51. The van der Waals surface area contributed by atoms with Crippen LogP contribution in [0.4, 0.5) is 0 Å². The molecule has 2 aliphatic rings. The first-order valence-corrected chi connectivity index (χ1v) is 6.50. The van der Waals surface area contributed by atoms with Crippen LogP contribution in [0.3, 0.4) is 0 Å². The fourth-order valence-corrected chi connectivity index (χ4v) is 2.62. The fraction of sp³-hybridized carbons (Fsp3) is 0.917. The molecule has 0 aliphatic carbocycles. The van der Waals surface area contributed by atoms with Crippen LogP contribution in [0.25, 0.3) is 0 Å². The summed E-state index contributed by atoms with van der Waals surface area (Å²) in [5.74, 6) is 0.328. The number of amides is 1. The standard InChI is InChI=1S/C12H23N3O/c1-11-4-2-3-7-15(11)12(16)10-14-8-5-13-6-9-14/h11,13H,2-10H2,1H3/t11-/m0/s1. The van der Waals surface area contributed by atoms with E-state index in [1.807, 2.05) is 0 Å². The number of nitrogens with one attached hydrogen (secondary N) is 1. The highest BCUT2D eigenvalue weighted by Gasteiger charge is 2.24. The van der Waals surface area contributed by atoms with Gasteiger partial charge in [0.05, 0.1) is 6.54 Å². The van der Waals surface area contributed by atoms with Gasteiger partial charge in [-0.25, -0.2) is 0 Å². The summed E-state index contributed by atoms with van der Waals surface area (Å²) in [5.41, 5.74) is 0. The molecule has 0 saturated carbocycles. The molecule has 1 amide bonds. The summed E-state index contributed by atoms with van der Waals surface area (Å²) < 4.78 is 0. The van der Waals surface area contributed by atoms with Crippen LogP contribution in [0.2, 0.25) is 0 Å². The van der Waals surface area contributed by atoms with Crippen molar-refractivity contribution in [2.45, 2.75) is 32.2 Å². The van der Waals surface area contributed by atoms with Gasteiger partial charge in [0, 0.05) is 38.8 Å². The van der Waals surface area contributed by atoms with E-state index in [9.17, 15) is 4.79 Å². The summed E-state index contributed by atoms with van der Waals surface area (Å²) in [7, 11) is 0. The Kier molecular flexibility index (Phi) is 4.18. The van der Waals surface area contributed by atoms with Crippen LogP contribution >= 0.6 is 0 Å². The number of nitrogens with zero attached hydrogens (tertiary/aromatic N) is 2. The van der Waals surface area contributed by atoms with E-state index < -0.39 is 0 Å². The van der Waals surface area contributed by atoms with Gasteiger partial charge in [-0.15, -0.1) is 0 Å². The molecule has 2 heterocycles. The minimum absolute atomic E-state index is 0.328. The predicted molar refractivity (Wildman–Crippen MR) is 64.3 cm³/mol. The molecule has 2 rings (SSSR count). The van der Waals surface area contributed by atoms with Crippen LogP contribution in [0.1, 0.15) is 26.2 Å². The number of piperazine rings is 1. The summed E-state index contributed by atoms with van der Waals surface area (Å²) in [4.78, 5) is 16.5. The second kappa shape index (κ2) is 5.64. The van der Waals surface area contributed by atoms with Gasteiger partial charge in [0.15, 0.2) is 0 Å². The van der Waals surface area contributed by atoms with Crippen molar-refractivity contribution in [3.8, 4) is 0 Å². The molecule has 1 N–H and O–H groups in total. The highest BCUT2D eigenvalue weighted by Crippen LogP contribution is 2.16. The SMILES string of the molecule is C[C@H]1CCCCN1C(=O)CN1CCNCC1. The Hall–Kier alpha value is -0.610. The molecule has 0 unspecified atom stereocenters. The van der Waals surface area contributed by atoms with E-state index in [-0.39, 0.29) is 0 Å². The summed E-state index contributed by atoms with van der Waals surface area (Å²) in [6.07, 6.45) is 3.63. The Morgan fingerprint density at radius 3 is 2.69 bits per heavy atom. The predicted octanol–water partition coefficient (Wildman–Crippen LogP) is 0.293. The molecular formula is C12H23N3O.